The summed E-state index contributed by atoms with van der Waals surface area (Å²) < 4.78 is 5.74. The van der Waals surface area contributed by atoms with Gasteiger partial charge in [-0.25, -0.2) is 0 Å². The van der Waals surface area contributed by atoms with Crippen molar-refractivity contribution in [3.63, 3.8) is 0 Å². The van der Waals surface area contributed by atoms with Crippen molar-refractivity contribution in [1.82, 2.24) is 5.43 Å². The molecule has 1 atom stereocenters. The van der Waals surface area contributed by atoms with E-state index >= 15 is 0 Å². The number of ether oxygens (including phenoxy) is 1. The highest BCUT2D eigenvalue weighted by atomic mass is 32.1. The summed E-state index contributed by atoms with van der Waals surface area (Å²) in [5.41, 5.74) is 11.2. The van der Waals surface area contributed by atoms with Crippen LogP contribution in [0.15, 0.2) is 29.4 Å². The average molecular weight is 249 g/mol. The second-order valence-corrected chi connectivity index (χ2v) is 4.37. The second-order valence-electron chi connectivity index (χ2n) is 3.93. The van der Waals surface area contributed by atoms with Crippen molar-refractivity contribution >= 4 is 23.0 Å². The molecule has 0 unspecified atom stereocenters. The number of thiocarbonyl (C=S) groups is 1. The Morgan fingerprint density at radius 1 is 1.53 bits per heavy atom. The fraction of sp³-hybridized carbons (Fsp3) is 0.333. The fourth-order valence-corrected chi connectivity index (χ4v) is 1.99. The summed E-state index contributed by atoms with van der Waals surface area (Å²) in [5, 5.41) is 4.28. The maximum Gasteiger partial charge on any atom is 0.184 e. The molecule has 4 nitrogen and oxygen atoms in total. The highest BCUT2D eigenvalue weighted by molar-refractivity contribution is 7.80. The molecule has 3 N–H and O–H groups in total. The van der Waals surface area contributed by atoms with Crippen LogP contribution in [0.3, 0.4) is 0 Å². The summed E-state index contributed by atoms with van der Waals surface area (Å²) >= 11 is 4.71. The topological polar surface area (TPSA) is 59.6 Å². The molecular formula is C12H15N3OS. The third kappa shape index (κ3) is 2.81. The third-order valence-electron chi connectivity index (χ3n) is 2.72. The number of nitrogens with zero attached hydrogens (tertiary/aromatic N) is 1. The first-order chi connectivity index (χ1) is 8.18. The molecule has 0 saturated heterocycles. The van der Waals surface area contributed by atoms with E-state index in [1.165, 1.54) is 11.1 Å². The zero-order valence-corrected chi connectivity index (χ0v) is 10.5. The number of fused-ring (bicyclic) bond motifs is 1. The zero-order valence-electron chi connectivity index (χ0n) is 9.64. The van der Waals surface area contributed by atoms with Gasteiger partial charge in [0.05, 0.1) is 12.3 Å². The number of hydrogen-bond donors (Lipinski definition) is 2. The second kappa shape index (κ2) is 5.25. The molecule has 90 valence electrons. The molecule has 1 heterocycles. The van der Waals surface area contributed by atoms with Crippen molar-refractivity contribution in [3.05, 3.63) is 35.4 Å². The first-order valence-electron chi connectivity index (χ1n) is 5.47. The standard InChI is InChI=1S/C12H15N3OS/c1-8(14-15-12(13)17)11-10-5-3-2-4-9(10)6-7-16-11/h2-5,11H,6-7H2,1H3,(H3,13,15,17)/b14-8-/t11-/m0/s1. The minimum atomic E-state index is -0.109. The lowest BCUT2D eigenvalue weighted by atomic mass is 9.95. The van der Waals surface area contributed by atoms with E-state index in [2.05, 4.69) is 22.7 Å². The van der Waals surface area contributed by atoms with Crippen LogP contribution in [0.5, 0.6) is 0 Å². The molecule has 0 fully saturated rings. The highest BCUT2D eigenvalue weighted by Crippen LogP contribution is 2.27. The summed E-state index contributed by atoms with van der Waals surface area (Å²) in [6.45, 7) is 2.61. The van der Waals surface area contributed by atoms with Crippen LogP contribution < -0.4 is 11.2 Å². The molecule has 0 amide bonds. The van der Waals surface area contributed by atoms with E-state index in [1.54, 1.807) is 0 Å². The molecule has 1 aromatic carbocycles. The lowest BCUT2D eigenvalue weighted by molar-refractivity contribution is 0.0871. The van der Waals surface area contributed by atoms with Crippen LogP contribution in [0.2, 0.25) is 0 Å². The molecule has 2 rings (SSSR count). The summed E-state index contributed by atoms with van der Waals surface area (Å²) in [5.74, 6) is 0. The van der Waals surface area contributed by atoms with Gasteiger partial charge in [-0.2, -0.15) is 5.10 Å². The minimum Gasteiger partial charge on any atom is -0.375 e. The molecule has 0 aromatic heterocycles. The van der Waals surface area contributed by atoms with E-state index in [9.17, 15) is 0 Å². The van der Waals surface area contributed by atoms with Gasteiger partial charge in [-0.15, -0.1) is 0 Å². The first-order valence-corrected chi connectivity index (χ1v) is 5.88. The zero-order chi connectivity index (χ0) is 12.3. The Balaban J connectivity index is 2.23. The molecule has 0 saturated carbocycles. The Labute approximate surface area is 106 Å². The Morgan fingerprint density at radius 3 is 3.06 bits per heavy atom. The number of hydrogen-bond acceptors (Lipinski definition) is 3. The van der Waals surface area contributed by atoms with Gasteiger partial charge >= 0.3 is 0 Å². The molecule has 1 aromatic rings. The summed E-state index contributed by atoms with van der Waals surface area (Å²) in [7, 11) is 0. The lowest BCUT2D eigenvalue weighted by Gasteiger charge is -2.25. The van der Waals surface area contributed by atoms with E-state index in [0.29, 0.717) is 6.61 Å². The number of benzene rings is 1. The van der Waals surface area contributed by atoms with Gasteiger partial charge in [0.2, 0.25) is 0 Å². The molecule has 1 aliphatic rings. The minimum absolute atomic E-state index is 0.109. The van der Waals surface area contributed by atoms with Gasteiger partial charge in [-0.1, -0.05) is 24.3 Å². The van der Waals surface area contributed by atoms with Crippen LogP contribution in [0.4, 0.5) is 0 Å². The first kappa shape index (κ1) is 12.0. The molecule has 0 radical (unpaired) electrons. The van der Waals surface area contributed by atoms with E-state index in [4.69, 9.17) is 22.7 Å². The fourth-order valence-electron chi connectivity index (χ4n) is 1.94. The Hall–Kier alpha value is -1.46. The predicted octanol–water partition coefficient (Wildman–Crippen LogP) is 1.51. The van der Waals surface area contributed by atoms with Crippen molar-refractivity contribution in [2.45, 2.75) is 19.4 Å². The number of rotatable bonds is 2. The van der Waals surface area contributed by atoms with E-state index < -0.39 is 0 Å². The SMILES string of the molecule is C/C(=N/NC(N)=S)[C@@H]1OCCc2ccccc21. The summed E-state index contributed by atoms with van der Waals surface area (Å²) in [4.78, 5) is 0. The number of nitrogens with one attached hydrogen (secondary N) is 1. The maximum absolute atomic E-state index is 5.74. The van der Waals surface area contributed by atoms with Crippen LogP contribution in [0, 0.1) is 0 Å². The van der Waals surface area contributed by atoms with E-state index in [1.807, 2.05) is 19.1 Å². The molecule has 1 aliphatic heterocycles. The number of hydrazone groups is 1. The van der Waals surface area contributed by atoms with Gasteiger partial charge in [0.1, 0.15) is 6.10 Å². The van der Waals surface area contributed by atoms with Crippen LogP contribution in [-0.4, -0.2) is 17.4 Å². The van der Waals surface area contributed by atoms with Gasteiger partial charge in [-0.3, -0.25) is 5.43 Å². The number of nitrogens with two attached hydrogens (primary N) is 1. The van der Waals surface area contributed by atoms with Crippen molar-refractivity contribution in [2.75, 3.05) is 6.61 Å². The van der Waals surface area contributed by atoms with Crippen molar-refractivity contribution in [2.24, 2.45) is 10.8 Å². The van der Waals surface area contributed by atoms with Gasteiger partial charge < -0.3 is 10.5 Å². The quantitative estimate of drug-likeness (QED) is 0.474. The van der Waals surface area contributed by atoms with E-state index in [0.717, 1.165) is 12.1 Å². The van der Waals surface area contributed by atoms with Gasteiger partial charge in [0, 0.05) is 0 Å². The van der Waals surface area contributed by atoms with Crippen LogP contribution in [0.25, 0.3) is 0 Å². The van der Waals surface area contributed by atoms with Crippen LogP contribution >= 0.6 is 12.2 Å². The molecule has 17 heavy (non-hydrogen) atoms. The highest BCUT2D eigenvalue weighted by Gasteiger charge is 2.22. The van der Waals surface area contributed by atoms with Crippen molar-refractivity contribution in [3.8, 4) is 0 Å². The van der Waals surface area contributed by atoms with Crippen molar-refractivity contribution < 1.29 is 4.74 Å². The Bertz CT molecular complexity index is 459. The largest absolute Gasteiger partial charge is 0.375 e. The Morgan fingerprint density at radius 2 is 2.29 bits per heavy atom. The molecular weight excluding hydrogens is 234 g/mol. The molecule has 0 aliphatic carbocycles. The molecule has 0 bridgehead atoms. The van der Waals surface area contributed by atoms with E-state index in [-0.39, 0.29) is 11.2 Å². The molecule has 0 spiro atoms. The molecule has 5 heteroatoms. The van der Waals surface area contributed by atoms with Crippen molar-refractivity contribution in [1.29, 1.82) is 0 Å². The van der Waals surface area contributed by atoms with Gasteiger partial charge in [0.25, 0.3) is 0 Å². The van der Waals surface area contributed by atoms with Gasteiger partial charge in [-0.05, 0) is 36.7 Å². The van der Waals surface area contributed by atoms with Crippen LogP contribution in [-0.2, 0) is 11.2 Å². The maximum atomic E-state index is 5.74. The average Bonchev–Trinajstić information content (AvgIpc) is 2.35. The summed E-state index contributed by atoms with van der Waals surface area (Å²) in [6.07, 6.45) is 0.838. The lowest BCUT2D eigenvalue weighted by Crippen LogP contribution is -2.28. The third-order valence-corrected chi connectivity index (χ3v) is 2.81. The monoisotopic (exact) mass is 249 g/mol. The van der Waals surface area contributed by atoms with Crippen LogP contribution in [0.1, 0.15) is 24.2 Å². The summed E-state index contributed by atoms with van der Waals surface area (Å²) in [6, 6.07) is 8.24. The Kier molecular flexibility index (Phi) is 3.71. The normalized spacial score (nSPS) is 19.6. The predicted molar refractivity (Wildman–Crippen MR) is 71.9 cm³/mol. The van der Waals surface area contributed by atoms with Gasteiger partial charge in [0.15, 0.2) is 5.11 Å². The smallest absolute Gasteiger partial charge is 0.184 e.